The van der Waals surface area contributed by atoms with Gasteiger partial charge >= 0.3 is 0 Å². The molecule has 1 saturated carbocycles. The van der Waals surface area contributed by atoms with Crippen LogP contribution in [-0.2, 0) is 4.74 Å². The van der Waals surface area contributed by atoms with Crippen LogP contribution in [0, 0.1) is 22.2 Å². The first-order valence-corrected chi connectivity index (χ1v) is 6.70. The second-order valence-corrected chi connectivity index (χ2v) is 6.98. The molecule has 94 valence electrons. The lowest BCUT2D eigenvalue weighted by molar-refractivity contribution is -0.0854. The highest BCUT2D eigenvalue weighted by molar-refractivity contribution is 5.23. The molecule has 4 unspecified atom stereocenters. The Morgan fingerprint density at radius 3 is 2.47 bits per heavy atom. The van der Waals surface area contributed by atoms with Crippen LogP contribution in [-0.4, -0.2) is 22.9 Å². The molecule has 1 N–H and O–H groups in total. The summed E-state index contributed by atoms with van der Waals surface area (Å²) in [6, 6.07) is 2.45. The molecule has 3 aliphatic rings. The van der Waals surface area contributed by atoms with Gasteiger partial charge in [0.15, 0.2) is 0 Å². The summed E-state index contributed by atoms with van der Waals surface area (Å²) in [6.45, 7) is 4.37. The zero-order chi connectivity index (χ0) is 12.3. The first kappa shape index (κ1) is 11.5. The smallest absolute Gasteiger partial charge is 0.114 e. The minimum atomic E-state index is -0.828. The fraction of sp³-hybridized carbons (Fsp3) is 0.929. The molecule has 3 nitrogen and oxygen atoms in total. The molecule has 0 aromatic rings. The number of hydrogen-bond acceptors (Lipinski definition) is 3. The van der Waals surface area contributed by atoms with Crippen molar-refractivity contribution in [1.29, 1.82) is 5.26 Å². The number of ether oxygens (including phenoxy) is 1. The van der Waals surface area contributed by atoms with Gasteiger partial charge in [0.05, 0.1) is 23.9 Å². The van der Waals surface area contributed by atoms with E-state index in [-0.39, 0.29) is 17.6 Å². The average molecular weight is 235 g/mol. The molecule has 0 amide bonds. The first-order valence-electron chi connectivity index (χ1n) is 6.70. The standard InChI is InChI=1S/C14H21NO2/c1-12(2)5-6-14(16,8-12)13(9-15)7-10-3-4-11(13)17-10/h10-11,16H,3-8H2,1-2H3. The van der Waals surface area contributed by atoms with Crippen LogP contribution in [0.4, 0.5) is 0 Å². The molecule has 2 heterocycles. The van der Waals surface area contributed by atoms with E-state index in [0.29, 0.717) is 0 Å². The van der Waals surface area contributed by atoms with Gasteiger partial charge in [0, 0.05) is 0 Å². The summed E-state index contributed by atoms with van der Waals surface area (Å²) in [6.07, 6.45) is 5.42. The van der Waals surface area contributed by atoms with Crippen LogP contribution in [0.15, 0.2) is 0 Å². The Kier molecular flexibility index (Phi) is 2.19. The minimum Gasteiger partial charge on any atom is -0.388 e. The molecule has 3 heteroatoms. The van der Waals surface area contributed by atoms with E-state index in [1.807, 2.05) is 0 Å². The molecular formula is C14H21NO2. The summed E-state index contributed by atoms with van der Waals surface area (Å²) in [7, 11) is 0. The Hall–Kier alpha value is -0.590. The Morgan fingerprint density at radius 2 is 2.06 bits per heavy atom. The number of aliphatic hydroxyl groups is 1. The molecule has 3 rings (SSSR count). The second-order valence-electron chi connectivity index (χ2n) is 6.98. The van der Waals surface area contributed by atoms with E-state index in [1.165, 1.54) is 0 Å². The van der Waals surface area contributed by atoms with Gasteiger partial charge in [-0.2, -0.15) is 5.26 Å². The second kappa shape index (κ2) is 3.24. The van der Waals surface area contributed by atoms with Crippen molar-refractivity contribution < 1.29 is 9.84 Å². The topological polar surface area (TPSA) is 53.2 Å². The number of rotatable bonds is 1. The summed E-state index contributed by atoms with van der Waals surface area (Å²) < 4.78 is 5.84. The highest BCUT2D eigenvalue weighted by atomic mass is 16.5. The largest absolute Gasteiger partial charge is 0.388 e. The fourth-order valence-corrected chi connectivity index (χ4v) is 4.31. The average Bonchev–Trinajstić information content (AvgIpc) is 2.91. The lowest BCUT2D eigenvalue weighted by Crippen LogP contribution is -2.52. The van der Waals surface area contributed by atoms with Crippen LogP contribution in [0.5, 0.6) is 0 Å². The Bertz CT molecular complexity index is 386. The molecule has 0 spiro atoms. The summed E-state index contributed by atoms with van der Waals surface area (Å²) in [5.41, 5.74) is -1.31. The van der Waals surface area contributed by atoms with E-state index in [4.69, 9.17) is 4.74 Å². The summed E-state index contributed by atoms with van der Waals surface area (Å²) in [4.78, 5) is 0. The van der Waals surface area contributed by atoms with Gasteiger partial charge in [0.2, 0.25) is 0 Å². The van der Waals surface area contributed by atoms with Crippen LogP contribution in [0.1, 0.15) is 52.4 Å². The van der Waals surface area contributed by atoms with Gasteiger partial charge in [-0.05, 0) is 43.9 Å². The molecule has 17 heavy (non-hydrogen) atoms. The molecular weight excluding hydrogens is 214 g/mol. The third-order valence-corrected chi connectivity index (χ3v) is 5.22. The molecule has 2 bridgehead atoms. The summed E-state index contributed by atoms with van der Waals surface area (Å²) in [5.74, 6) is 0. The highest BCUT2D eigenvalue weighted by Crippen LogP contribution is 2.60. The zero-order valence-electron chi connectivity index (χ0n) is 10.7. The van der Waals surface area contributed by atoms with E-state index in [2.05, 4.69) is 19.9 Å². The number of nitrogens with zero attached hydrogens (tertiary/aromatic N) is 1. The molecule has 0 aromatic carbocycles. The van der Waals surface area contributed by atoms with Gasteiger partial charge < -0.3 is 9.84 Å². The van der Waals surface area contributed by atoms with Gasteiger partial charge in [-0.15, -0.1) is 0 Å². The Balaban J connectivity index is 1.95. The van der Waals surface area contributed by atoms with E-state index in [1.54, 1.807) is 0 Å². The zero-order valence-corrected chi connectivity index (χ0v) is 10.7. The SMILES string of the molecule is CC1(C)CCC(O)(C2(C#N)CC3CCC2O3)C1. The van der Waals surface area contributed by atoms with Crippen molar-refractivity contribution in [2.24, 2.45) is 10.8 Å². The quantitative estimate of drug-likeness (QED) is 0.759. The molecule has 0 aromatic heterocycles. The maximum Gasteiger partial charge on any atom is 0.114 e. The van der Waals surface area contributed by atoms with Crippen molar-refractivity contribution in [1.82, 2.24) is 0 Å². The maximum atomic E-state index is 11.0. The van der Waals surface area contributed by atoms with Gasteiger partial charge in [-0.3, -0.25) is 0 Å². The van der Waals surface area contributed by atoms with Crippen LogP contribution in [0.3, 0.4) is 0 Å². The summed E-state index contributed by atoms with van der Waals surface area (Å²) in [5, 5.41) is 20.6. The Morgan fingerprint density at radius 1 is 1.29 bits per heavy atom. The normalized spacial score (nSPS) is 51.6. The maximum absolute atomic E-state index is 11.0. The van der Waals surface area contributed by atoms with Crippen molar-refractivity contribution in [3.8, 4) is 6.07 Å². The van der Waals surface area contributed by atoms with Crippen LogP contribution < -0.4 is 0 Å². The van der Waals surface area contributed by atoms with Crippen molar-refractivity contribution in [2.75, 3.05) is 0 Å². The predicted molar refractivity (Wildman–Crippen MR) is 63.1 cm³/mol. The molecule has 2 aliphatic heterocycles. The van der Waals surface area contributed by atoms with Crippen LogP contribution >= 0.6 is 0 Å². The minimum absolute atomic E-state index is 0.0311. The lowest BCUT2D eigenvalue weighted by Gasteiger charge is -2.42. The van der Waals surface area contributed by atoms with Crippen LogP contribution in [0.2, 0.25) is 0 Å². The van der Waals surface area contributed by atoms with Gasteiger partial charge in [0.1, 0.15) is 5.41 Å². The summed E-state index contributed by atoms with van der Waals surface area (Å²) >= 11 is 0. The van der Waals surface area contributed by atoms with E-state index in [9.17, 15) is 10.4 Å². The van der Waals surface area contributed by atoms with Crippen molar-refractivity contribution in [3.63, 3.8) is 0 Å². The van der Waals surface area contributed by atoms with Gasteiger partial charge in [-0.1, -0.05) is 13.8 Å². The van der Waals surface area contributed by atoms with E-state index >= 15 is 0 Å². The third kappa shape index (κ3) is 1.41. The monoisotopic (exact) mass is 235 g/mol. The lowest BCUT2D eigenvalue weighted by atomic mass is 9.62. The highest BCUT2D eigenvalue weighted by Gasteiger charge is 2.65. The fourth-order valence-electron chi connectivity index (χ4n) is 4.31. The number of nitriles is 1. The third-order valence-electron chi connectivity index (χ3n) is 5.22. The Labute approximate surface area is 103 Å². The van der Waals surface area contributed by atoms with Gasteiger partial charge in [-0.25, -0.2) is 0 Å². The van der Waals surface area contributed by atoms with Gasteiger partial charge in [0.25, 0.3) is 0 Å². The van der Waals surface area contributed by atoms with E-state index < -0.39 is 11.0 Å². The molecule has 3 fully saturated rings. The number of hydrogen-bond donors (Lipinski definition) is 1. The van der Waals surface area contributed by atoms with Crippen molar-refractivity contribution in [2.45, 2.75) is 70.2 Å². The van der Waals surface area contributed by atoms with Crippen molar-refractivity contribution >= 4 is 0 Å². The molecule has 0 radical (unpaired) electrons. The number of fused-ring (bicyclic) bond motifs is 2. The molecule has 1 aliphatic carbocycles. The molecule has 2 saturated heterocycles. The molecule has 4 atom stereocenters. The predicted octanol–water partition coefficient (Wildman–Crippen LogP) is 2.39. The van der Waals surface area contributed by atoms with Crippen LogP contribution in [0.25, 0.3) is 0 Å². The first-order chi connectivity index (χ1) is 7.91. The van der Waals surface area contributed by atoms with E-state index in [0.717, 1.165) is 38.5 Å². The van der Waals surface area contributed by atoms with Crippen molar-refractivity contribution in [3.05, 3.63) is 0 Å².